The first kappa shape index (κ1) is 12.4. The molecule has 0 saturated carbocycles. The van der Waals surface area contributed by atoms with E-state index in [1.807, 2.05) is 6.92 Å². The van der Waals surface area contributed by atoms with E-state index in [1.165, 1.54) is 4.31 Å². The topological polar surface area (TPSA) is 101 Å². The standard InChI is InChI=1S/C8H16N2O4S/c1-6-2-7(9)4-10(3-6)15(13,14)5-8(11)12/h6-7H,2-5,9H2,1H3,(H,11,12). The molecule has 0 spiro atoms. The van der Waals surface area contributed by atoms with Gasteiger partial charge in [0.2, 0.25) is 10.0 Å². The highest BCUT2D eigenvalue weighted by Crippen LogP contribution is 2.18. The Morgan fingerprint density at radius 2 is 2.13 bits per heavy atom. The van der Waals surface area contributed by atoms with Crippen molar-refractivity contribution in [3.8, 4) is 0 Å². The van der Waals surface area contributed by atoms with Gasteiger partial charge in [-0.3, -0.25) is 4.79 Å². The second kappa shape index (κ2) is 4.46. The molecule has 1 aliphatic heterocycles. The summed E-state index contributed by atoms with van der Waals surface area (Å²) in [6.07, 6.45) is 0.777. The van der Waals surface area contributed by atoms with Gasteiger partial charge < -0.3 is 10.8 Å². The molecule has 1 aliphatic rings. The van der Waals surface area contributed by atoms with Crippen molar-refractivity contribution in [1.29, 1.82) is 0 Å². The molecule has 2 atom stereocenters. The van der Waals surface area contributed by atoms with Crippen molar-refractivity contribution in [2.24, 2.45) is 11.7 Å². The predicted molar refractivity (Wildman–Crippen MR) is 54.8 cm³/mol. The molecule has 7 heteroatoms. The van der Waals surface area contributed by atoms with Gasteiger partial charge in [-0.15, -0.1) is 0 Å². The molecule has 0 aliphatic carbocycles. The fraction of sp³-hybridized carbons (Fsp3) is 0.875. The number of hydrogen-bond acceptors (Lipinski definition) is 4. The summed E-state index contributed by atoms with van der Waals surface area (Å²) in [6.45, 7) is 2.49. The maximum Gasteiger partial charge on any atom is 0.320 e. The number of sulfonamides is 1. The smallest absolute Gasteiger partial charge is 0.320 e. The lowest BCUT2D eigenvalue weighted by Gasteiger charge is -2.33. The summed E-state index contributed by atoms with van der Waals surface area (Å²) in [5.41, 5.74) is 5.69. The molecule has 88 valence electrons. The maximum absolute atomic E-state index is 11.6. The number of carboxylic acid groups (broad SMARTS) is 1. The fourth-order valence-corrected chi connectivity index (χ4v) is 3.22. The summed E-state index contributed by atoms with van der Waals surface area (Å²) in [4.78, 5) is 10.4. The second-order valence-electron chi connectivity index (χ2n) is 4.07. The van der Waals surface area contributed by atoms with Crippen LogP contribution in [0, 0.1) is 5.92 Å². The Bertz CT molecular complexity index is 331. The largest absolute Gasteiger partial charge is 0.480 e. The molecule has 0 aromatic carbocycles. The molecule has 6 nitrogen and oxygen atoms in total. The number of rotatable bonds is 3. The summed E-state index contributed by atoms with van der Waals surface area (Å²) in [5, 5.41) is 8.47. The Balaban J connectivity index is 2.74. The first-order valence-corrected chi connectivity index (χ1v) is 6.37. The Morgan fingerprint density at radius 1 is 1.53 bits per heavy atom. The van der Waals surface area contributed by atoms with Crippen LogP contribution >= 0.6 is 0 Å². The minimum atomic E-state index is -3.69. The van der Waals surface area contributed by atoms with E-state index in [9.17, 15) is 13.2 Å². The van der Waals surface area contributed by atoms with Gasteiger partial charge in [0.1, 0.15) is 0 Å². The highest BCUT2D eigenvalue weighted by molar-refractivity contribution is 7.89. The van der Waals surface area contributed by atoms with E-state index in [-0.39, 0.29) is 18.5 Å². The molecule has 0 bridgehead atoms. The van der Waals surface area contributed by atoms with Crippen LogP contribution in [-0.2, 0) is 14.8 Å². The average Bonchev–Trinajstić information content (AvgIpc) is 1.99. The van der Waals surface area contributed by atoms with Crippen LogP contribution in [0.25, 0.3) is 0 Å². The molecule has 1 rings (SSSR count). The van der Waals surface area contributed by atoms with E-state index in [1.54, 1.807) is 0 Å². The zero-order valence-electron chi connectivity index (χ0n) is 8.59. The Morgan fingerprint density at radius 3 is 2.60 bits per heavy atom. The first-order chi connectivity index (χ1) is 6.81. The molecule has 1 heterocycles. The van der Waals surface area contributed by atoms with E-state index in [2.05, 4.69) is 0 Å². The average molecular weight is 236 g/mol. The zero-order valence-corrected chi connectivity index (χ0v) is 9.40. The Labute approximate surface area is 89.1 Å². The molecule has 15 heavy (non-hydrogen) atoms. The molecule has 2 unspecified atom stereocenters. The van der Waals surface area contributed by atoms with Crippen molar-refractivity contribution >= 4 is 16.0 Å². The highest BCUT2D eigenvalue weighted by atomic mass is 32.2. The quantitative estimate of drug-likeness (QED) is 0.659. The summed E-state index contributed by atoms with van der Waals surface area (Å²) >= 11 is 0. The second-order valence-corrected chi connectivity index (χ2v) is 6.04. The lowest BCUT2D eigenvalue weighted by atomic mass is 9.99. The molecular formula is C8H16N2O4S. The number of hydrogen-bond donors (Lipinski definition) is 2. The van der Waals surface area contributed by atoms with Crippen molar-refractivity contribution in [2.45, 2.75) is 19.4 Å². The first-order valence-electron chi connectivity index (χ1n) is 4.76. The third-order valence-electron chi connectivity index (χ3n) is 2.36. The molecule has 1 saturated heterocycles. The third kappa shape index (κ3) is 3.44. The number of carboxylic acids is 1. The van der Waals surface area contributed by atoms with E-state index >= 15 is 0 Å². The predicted octanol–water partition coefficient (Wildman–Crippen LogP) is -0.930. The van der Waals surface area contributed by atoms with Crippen LogP contribution in [0.2, 0.25) is 0 Å². The van der Waals surface area contributed by atoms with Crippen LogP contribution in [0.4, 0.5) is 0 Å². The van der Waals surface area contributed by atoms with Crippen molar-refractivity contribution in [1.82, 2.24) is 4.31 Å². The van der Waals surface area contributed by atoms with Crippen molar-refractivity contribution in [3.63, 3.8) is 0 Å². The molecule has 0 radical (unpaired) electrons. The monoisotopic (exact) mass is 236 g/mol. The SMILES string of the molecule is CC1CC(N)CN(S(=O)(=O)CC(=O)O)C1. The van der Waals surface area contributed by atoms with Gasteiger partial charge in [-0.1, -0.05) is 6.92 Å². The summed E-state index contributed by atoms with van der Waals surface area (Å²) in [6, 6.07) is -0.197. The highest BCUT2D eigenvalue weighted by Gasteiger charge is 2.31. The molecule has 0 aromatic heterocycles. The fourth-order valence-electron chi connectivity index (χ4n) is 1.82. The van der Waals surface area contributed by atoms with Gasteiger partial charge in [0, 0.05) is 19.1 Å². The molecular weight excluding hydrogens is 220 g/mol. The van der Waals surface area contributed by atoms with Crippen LogP contribution in [0.5, 0.6) is 0 Å². The lowest BCUT2D eigenvalue weighted by Crippen LogP contribution is -2.50. The van der Waals surface area contributed by atoms with Gasteiger partial charge in [-0.25, -0.2) is 8.42 Å². The lowest BCUT2D eigenvalue weighted by molar-refractivity contribution is -0.134. The molecule has 0 aromatic rings. The van der Waals surface area contributed by atoms with Crippen LogP contribution in [0.1, 0.15) is 13.3 Å². The normalized spacial score (nSPS) is 28.9. The Hall–Kier alpha value is -0.660. The van der Waals surface area contributed by atoms with Crippen LogP contribution in [-0.4, -0.2) is 48.7 Å². The minimum absolute atomic E-state index is 0.178. The van der Waals surface area contributed by atoms with E-state index in [0.717, 1.165) is 6.42 Å². The molecule has 0 amide bonds. The van der Waals surface area contributed by atoms with E-state index in [4.69, 9.17) is 10.8 Å². The molecule has 1 fully saturated rings. The van der Waals surface area contributed by atoms with Gasteiger partial charge in [0.15, 0.2) is 5.75 Å². The van der Waals surface area contributed by atoms with Gasteiger partial charge >= 0.3 is 5.97 Å². The number of nitrogens with two attached hydrogens (primary N) is 1. The third-order valence-corrected chi connectivity index (χ3v) is 4.05. The van der Waals surface area contributed by atoms with Crippen molar-refractivity contribution in [3.05, 3.63) is 0 Å². The van der Waals surface area contributed by atoms with Gasteiger partial charge in [-0.2, -0.15) is 4.31 Å². The molecule has 3 N–H and O–H groups in total. The summed E-state index contributed by atoms with van der Waals surface area (Å²) in [5.74, 6) is -2.01. The van der Waals surface area contributed by atoms with Gasteiger partial charge in [-0.05, 0) is 12.3 Å². The van der Waals surface area contributed by atoms with Crippen molar-refractivity contribution < 1.29 is 18.3 Å². The van der Waals surface area contributed by atoms with Crippen molar-refractivity contribution in [2.75, 3.05) is 18.8 Å². The van der Waals surface area contributed by atoms with Crippen LogP contribution in [0.15, 0.2) is 0 Å². The minimum Gasteiger partial charge on any atom is -0.480 e. The Kier molecular flexibility index (Phi) is 3.69. The number of nitrogens with zero attached hydrogens (tertiary/aromatic N) is 1. The number of carbonyl (C=O) groups is 1. The van der Waals surface area contributed by atoms with Crippen LogP contribution < -0.4 is 5.73 Å². The summed E-state index contributed by atoms with van der Waals surface area (Å²) in [7, 11) is -3.69. The summed E-state index contributed by atoms with van der Waals surface area (Å²) < 4.78 is 24.3. The number of piperidine rings is 1. The maximum atomic E-state index is 11.6. The number of aliphatic carboxylic acids is 1. The van der Waals surface area contributed by atoms with Gasteiger partial charge in [0.05, 0.1) is 0 Å². The van der Waals surface area contributed by atoms with Crippen LogP contribution in [0.3, 0.4) is 0 Å². The zero-order chi connectivity index (χ0) is 11.6. The van der Waals surface area contributed by atoms with E-state index in [0.29, 0.717) is 6.54 Å². The van der Waals surface area contributed by atoms with E-state index < -0.39 is 21.7 Å². The van der Waals surface area contributed by atoms with Gasteiger partial charge in [0.25, 0.3) is 0 Å².